The van der Waals surface area contributed by atoms with Crippen LogP contribution >= 0.6 is 0 Å². The molecule has 0 saturated heterocycles. The highest BCUT2D eigenvalue weighted by atomic mass is 16.5. The number of aromatic nitrogens is 1. The van der Waals surface area contributed by atoms with Crippen LogP contribution in [0.1, 0.15) is 55.4 Å². The summed E-state index contributed by atoms with van der Waals surface area (Å²) < 4.78 is 11.6. The van der Waals surface area contributed by atoms with E-state index in [0.29, 0.717) is 12.5 Å². The van der Waals surface area contributed by atoms with Crippen LogP contribution in [0.25, 0.3) is 0 Å². The fourth-order valence-corrected chi connectivity index (χ4v) is 2.93. The molecule has 1 radical (unpaired) electrons. The number of aryl methyl sites for hydroxylation is 1. The number of ether oxygens (including phenoxy) is 1. The summed E-state index contributed by atoms with van der Waals surface area (Å²) in [5, 5.41) is 0. The third kappa shape index (κ3) is 3.66. The van der Waals surface area contributed by atoms with E-state index in [9.17, 15) is 0 Å². The fourth-order valence-electron chi connectivity index (χ4n) is 2.93. The lowest BCUT2D eigenvalue weighted by Gasteiger charge is -2.17. The summed E-state index contributed by atoms with van der Waals surface area (Å²) >= 11 is 0. The maximum absolute atomic E-state index is 5.88. The van der Waals surface area contributed by atoms with Gasteiger partial charge in [-0.05, 0) is 25.8 Å². The van der Waals surface area contributed by atoms with E-state index in [1.54, 1.807) is 0 Å². The van der Waals surface area contributed by atoms with Gasteiger partial charge >= 0.3 is 0 Å². The third-order valence-electron chi connectivity index (χ3n) is 4.14. The van der Waals surface area contributed by atoms with E-state index < -0.39 is 0 Å². The molecule has 1 fully saturated rings. The minimum atomic E-state index is 0.523. The van der Waals surface area contributed by atoms with Crippen LogP contribution in [-0.2, 0) is 6.42 Å². The smallest absolute Gasteiger partial charge is 0.197 e. The minimum Gasteiger partial charge on any atom is -0.493 e. The highest BCUT2D eigenvalue weighted by molar-refractivity contribution is 5.19. The average molecular weight is 284 g/mol. The molecule has 0 aliphatic heterocycles. The Morgan fingerprint density at radius 3 is 2.90 bits per heavy atom. The van der Waals surface area contributed by atoms with Gasteiger partial charge in [-0.1, -0.05) is 37.5 Å². The molecule has 1 aromatic carbocycles. The van der Waals surface area contributed by atoms with Crippen LogP contribution in [0.15, 0.2) is 28.7 Å². The molecule has 0 unspecified atom stereocenters. The van der Waals surface area contributed by atoms with E-state index in [1.165, 1.54) is 32.1 Å². The monoisotopic (exact) mass is 284 g/mol. The molecule has 111 valence electrons. The second-order valence-electron chi connectivity index (χ2n) is 5.72. The quantitative estimate of drug-likeness (QED) is 0.813. The van der Waals surface area contributed by atoms with Gasteiger partial charge < -0.3 is 9.15 Å². The topological polar surface area (TPSA) is 35.3 Å². The Labute approximate surface area is 126 Å². The van der Waals surface area contributed by atoms with Crippen molar-refractivity contribution in [1.82, 2.24) is 4.98 Å². The standard InChI is InChI=1S/C18H22NO2/c1-14-17(12-13-20-16-10-6-3-7-11-16)19-18(21-14)15-8-4-2-5-9-15/h3,6-7,10,15H,2,4-5,8-9,12-13H2,1H3. The van der Waals surface area contributed by atoms with Crippen molar-refractivity contribution in [2.75, 3.05) is 6.61 Å². The highest BCUT2D eigenvalue weighted by Crippen LogP contribution is 2.32. The molecule has 3 rings (SSSR count). The van der Waals surface area contributed by atoms with Gasteiger partial charge in [-0.25, -0.2) is 4.98 Å². The molecule has 2 aromatic rings. The highest BCUT2D eigenvalue weighted by Gasteiger charge is 2.21. The van der Waals surface area contributed by atoms with Crippen LogP contribution in [0.2, 0.25) is 0 Å². The Kier molecular flexibility index (Phi) is 4.59. The Morgan fingerprint density at radius 2 is 2.14 bits per heavy atom. The molecule has 0 amide bonds. The number of hydrogen-bond acceptors (Lipinski definition) is 3. The lowest BCUT2D eigenvalue weighted by Crippen LogP contribution is -2.06. The zero-order valence-electron chi connectivity index (χ0n) is 12.6. The maximum Gasteiger partial charge on any atom is 0.197 e. The van der Waals surface area contributed by atoms with Crippen LogP contribution in [0.4, 0.5) is 0 Å². The molecule has 3 heteroatoms. The Balaban J connectivity index is 1.57. The summed E-state index contributed by atoms with van der Waals surface area (Å²) in [4.78, 5) is 4.71. The van der Waals surface area contributed by atoms with Crippen LogP contribution < -0.4 is 4.74 Å². The molecule has 0 N–H and O–H groups in total. The predicted molar refractivity (Wildman–Crippen MR) is 81.5 cm³/mol. The molecule has 3 nitrogen and oxygen atoms in total. The molecule has 1 aliphatic carbocycles. The predicted octanol–water partition coefficient (Wildman–Crippen LogP) is 4.45. The van der Waals surface area contributed by atoms with E-state index in [4.69, 9.17) is 14.1 Å². The number of para-hydroxylation sites is 1. The van der Waals surface area contributed by atoms with Crippen LogP contribution in [0.3, 0.4) is 0 Å². The second kappa shape index (κ2) is 6.79. The van der Waals surface area contributed by atoms with Crippen molar-refractivity contribution in [1.29, 1.82) is 0 Å². The van der Waals surface area contributed by atoms with Gasteiger partial charge in [-0.15, -0.1) is 0 Å². The second-order valence-corrected chi connectivity index (χ2v) is 5.72. The minimum absolute atomic E-state index is 0.523. The first-order valence-corrected chi connectivity index (χ1v) is 7.88. The Bertz CT molecular complexity index is 556. The lowest BCUT2D eigenvalue weighted by atomic mass is 9.89. The van der Waals surface area contributed by atoms with Gasteiger partial charge in [0.05, 0.1) is 12.3 Å². The van der Waals surface area contributed by atoms with Gasteiger partial charge in [-0.2, -0.15) is 0 Å². The zero-order valence-corrected chi connectivity index (χ0v) is 12.6. The third-order valence-corrected chi connectivity index (χ3v) is 4.14. The summed E-state index contributed by atoms with van der Waals surface area (Å²) in [6.07, 6.45) is 7.17. The van der Waals surface area contributed by atoms with Crippen molar-refractivity contribution in [3.63, 3.8) is 0 Å². The van der Waals surface area contributed by atoms with Gasteiger partial charge in [0, 0.05) is 18.4 Å². The molecule has 0 bridgehead atoms. The normalized spacial score (nSPS) is 16.0. The van der Waals surface area contributed by atoms with Crippen molar-refractivity contribution in [2.24, 2.45) is 0 Å². The molecule has 0 atom stereocenters. The Hall–Kier alpha value is -1.77. The van der Waals surface area contributed by atoms with Crippen molar-refractivity contribution in [3.05, 3.63) is 47.7 Å². The van der Waals surface area contributed by atoms with Crippen LogP contribution in [0, 0.1) is 13.0 Å². The number of rotatable bonds is 5. The van der Waals surface area contributed by atoms with E-state index in [0.717, 1.165) is 29.5 Å². The zero-order chi connectivity index (χ0) is 14.5. The van der Waals surface area contributed by atoms with E-state index >= 15 is 0 Å². The van der Waals surface area contributed by atoms with Crippen molar-refractivity contribution in [2.45, 2.75) is 51.4 Å². The summed E-state index contributed by atoms with van der Waals surface area (Å²) in [7, 11) is 0. The number of nitrogens with zero attached hydrogens (tertiary/aromatic N) is 1. The molecular formula is C18H22NO2. The molecular weight excluding hydrogens is 262 g/mol. The van der Waals surface area contributed by atoms with E-state index in [-0.39, 0.29) is 0 Å². The molecule has 1 heterocycles. The summed E-state index contributed by atoms with van der Waals surface area (Å²) in [6, 6.07) is 10.7. The first-order valence-electron chi connectivity index (χ1n) is 7.88. The summed E-state index contributed by atoms with van der Waals surface area (Å²) in [5.41, 5.74) is 1.03. The van der Waals surface area contributed by atoms with Gasteiger partial charge in [0.25, 0.3) is 0 Å². The lowest BCUT2D eigenvalue weighted by molar-refractivity contribution is 0.319. The molecule has 21 heavy (non-hydrogen) atoms. The number of hydrogen-bond donors (Lipinski definition) is 0. The molecule has 0 spiro atoms. The van der Waals surface area contributed by atoms with Gasteiger partial charge in [-0.3, -0.25) is 0 Å². The molecule has 1 aromatic heterocycles. The van der Waals surface area contributed by atoms with Crippen molar-refractivity contribution in [3.8, 4) is 5.75 Å². The van der Waals surface area contributed by atoms with Crippen molar-refractivity contribution >= 4 is 0 Å². The van der Waals surface area contributed by atoms with Crippen LogP contribution in [-0.4, -0.2) is 11.6 Å². The first-order chi connectivity index (χ1) is 10.3. The maximum atomic E-state index is 5.88. The number of oxazole rings is 1. The van der Waals surface area contributed by atoms with Crippen LogP contribution in [0.5, 0.6) is 5.75 Å². The molecule has 1 saturated carbocycles. The fraction of sp³-hybridized carbons (Fsp3) is 0.500. The van der Waals surface area contributed by atoms with Gasteiger partial charge in [0.2, 0.25) is 0 Å². The van der Waals surface area contributed by atoms with Crippen molar-refractivity contribution < 1.29 is 9.15 Å². The summed E-state index contributed by atoms with van der Waals surface area (Å²) in [5.74, 6) is 3.19. The average Bonchev–Trinajstić information content (AvgIpc) is 2.91. The largest absolute Gasteiger partial charge is 0.493 e. The van der Waals surface area contributed by atoms with Gasteiger partial charge in [0.1, 0.15) is 11.5 Å². The Morgan fingerprint density at radius 1 is 1.29 bits per heavy atom. The first kappa shape index (κ1) is 14.2. The van der Waals surface area contributed by atoms with E-state index in [1.807, 2.05) is 31.2 Å². The van der Waals surface area contributed by atoms with E-state index in [2.05, 4.69) is 6.07 Å². The number of benzene rings is 1. The summed E-state index contributed by atoms with van der Waals surface area (Å²) in [6.45, 7) is 2.61. The van der Waals surface area contributed by atoms with Gasteiger partial charge in [0.15, 0.2) is 5.89 Å². The SMILES string of the molecule is Cc1oc(C2CCCCC2)nc1CCOc1[c]cccc1. The molecule has 1 aliphatic rings.